The van der Waals surface area contributed by atoms with Crippen molar-refractivity contribution in [3.8, 4) is 5.75 Å². The lowest BCUT2D eigenvalue weighted by Gasteiger charge is -2.28. The van der Waals surface area contributed by atoms with Crippen molar-refractivity contribution >= 4 is 27.4 Å². The van der Waals surface area contributed by atoms with E-state index in [9.17, 15) is 31.6 Å². The summed E-state index contributed by atoms with van der Waals surface area (Å²) >= 11 is 0. The van der Waals surface area contributed by atoms with E-state index in [4.69, 9.17) is 10.5 Å². The number of carbonyl (C=O) groups is 3. The molecule has 0 aromatic heterocycles. The van der Waals surface area contributed by atoms with Gasteiger partial charge in [0, 0.05) is 26.2 Å². The number of ether oxygens (including phenoxy) is 1. The SMILES string of the molecule is COc1ccc(C(N)C(=O)N[C@H](C(=O)C(F)(F)C(=O)NCCN2CCS(=O)(=O)CC2)C(C)C)cc1. The van der Waals surface area contributed by atoms with Gasteiger partial charge in [-0.15, -0.1) is 0 Å². The van der Waals surface area contributed by atoms with Crippen LogP contribution in [0.3, 0.4) is 0 Å². The van der Waals surface area contributed by atoms with Gasteiger partial charge in [-0.1, -0.05) is 26.0 Å². The highest BCUT2D eigenvalue weighted by Crippen LogP contribution is 2.22. The standard InChI is InChI=1S/C22H32F2N4O6S/c1-14(2)18(27-20(30)17(25)15-4-6-16(34-3)7-5-15)19(29)22(23,24)21(31)26-8-9-28-10-12-35(32,33)13-11-28/h4-7,14,17-18H,8-13,25H2,1-3H3,(H,26,31)(H,27,30)/t17?,18-/m0/s1. The first-order valence-corrected chi connectivity index (χ1v) is 12.9. The van der Waals surface area contributed by atoms with Gasteiger partial charge in [0.15, 0.2) is 9.84 Å². The van der Waals surface area contributed by atoms with Crippen LogP contribution in [0.4, 0.5) is 8.78 Å². The number of carbonyl (C=O) groups excluding carboxylic acids is 3. The van der Waals surface area contributed by atoms with Gasteiger partial charge in [-0.05, 0) is 23.6 Å². The van der Waals surface area contributed by atoms with Gasteiger partial charge >= 0.3 is 5.92 Å². The number of benzene rings is 1. The number of rotatable bonds is 11. The van der Waals surface area contributed by atoms with Crippen molar-refractivity contribution < 1.29 is 36.3 Å². The zero-order valence-electron chi connectivity index (χ0n) is 19.9. The van der Waals surface area contributed by atoms with Gasteiger partial charge in [-0.25, -0.2) is 8.42 Å². The summed E-state index contributed by atoms with van der Waals surface area (Å²) in [6, 6.07) is 3.35. The maximum absolute atomic E-state index is 14.7. The number of alkyl halides is 2. The highest BCUT2D eigenvalue weighted by Gasteiger charge is 2.51. The fraction of sp³-hybridized carbons (Fsp3) is 0.591. The van der Waals surface area contributed by atoms with Gasteiger partial charge in [0.1, 0.15) is 11.8 Å². The molecule has 2 amide bonds. The molecule has 0 aliphatic carbocycles. The molecular formula is C22H32F2N4O6S. The van der Waals surface area contributed by atoms with Gasteiger partial charge in [0.25, 0.3) is 5.91 Å². The van der Waals surface area contributed by atoms with E-state index in [1.54, 1.807) is 17.0 Å². The molecule has 1 aliphatic heterocycles. The molecule has 35 heavy (non-hydrogen) atoms. The van der Waals surface area contributed by atoms with E-state index in [0.29, 0.717) is 11.3 Å². The number of hydrogen-bond acceptors (Lipinski definition) is 8. The number of sulfone groups is 1. The second-order valence-electron chi connectivity index (χ2n) is 8.67. The molecular weight excluding hydrogens is 486 g/mol. The Morgan fingerprint density at radius 2 is 1.71 bits per heavy atom. The molecule has 0 bridgehead atoms. The van der Waals surface area contributed by atoms with Crippen LogP contribution in [0.15, 0.2) is 24.3 Å². The highest BCUT2D eigenvalue weighted by molar-refractivity contribution is 7.91. The number of nitrogens with zero attached hydrogens (tertiary/aromatic N) is 1. The van der Waals surface area contributed by atoms with Gasteiger partial charge in [-0.2, -0.15) is 8.78 Å². The molecule has 2 atom stereocenters. The Kier molecular flexibility index (Phi) is 9.69. The lowest BCUT2D eigenvalue weighted by molar-refractivity contribution is -0.161. The Balaban J connectivity index is 1.97. The Morgan fingerprint density at radius 3 is 2.23 bits per heavy atom. The lowest BCUT2D eigenvalue weighted by atomic mass is 9.94. The Hall–Kier alpha value is -2.64. The predicted molar refractivity (Wildman–Crippen MR) is 125 cm³/mol. The van der Waals surface area contributed by atoms with E-state index in [1.807, 2.05) is 5.32 Å². The molecule has 1 unspecified atom stereocenters. The lowest BCUT2D eigenvalue weighted by Crippen LogP contribution is -2.57. The molecule has 1 aliphatic rings. The molecule has 1 aromatic carbocycles. The number of hydrogen-bond donors (Lipinski definition) is 3. The third-order valence-corrected chi connectivity index (χ3v) is 7.36. The van der Waals surface area contributed by atoms with Crippen LogP contribution in [0.2, 0.25) is 0 Å². The molecule has 0 spiro atoms. The number of nitrogens with two attached hydrogens (primary N) is 1. The minimum atomic E-state index is -4.39. The summed E-state index contributed by atoms with van der Waals surface area (Å²) in [4.78, 5) is 39.1. The monoisotopic (exact) mass is 518 g/mol. The zero-order chi connectivity index (χ0) is 26.4. The number of amides is 2. The van der Waals surface area contributed by atoms with Crippen molar-refractivity contribution in [2.24, 2.45) is 11.7 Å². The number of halogens is 2. The first-order valence-electron chi connectivity index (χ1n) is 11.1. The third-order valence-electron chi connectivity index (χ3n) is 5.75. The minimum absolute atomic E-state index is 0.0377. The fourth-order valence-electron chi connectivity index (χ4n) is 3.46. The molecule has 1 fully saturated rings. The van der Waals surface area contributed by atoms with E-state index in [1.165, 1.54) is 33.1 Å². The van der Waals surface area contributed by atoms with Gasteiger partial charge in [0.05, 0.1) is 24.7 Å². The molecule has 13 heteroatoms. The van der Waals surface area contributed by atoms with Gasteiger partial charge < -0.3 is 21.1 Å². The maximum atomic E-state index is 14.7. The number of methoxy groups -OCH3 is 1. The van der Waals surface area contributed by atoms with Crippen LogP contribution in [0.25, 0.3) is 0 Å². The molecule has 4 N–H and O–H groups in total. The molecule has 196 valence electrons. The summed E-state index contributed by atoms with van der Waals surface area (Å²) in [6.07, 6.45) is 0. The Morgan fingerprint density at radius 1 is 1.14 bits per heavy atom. The van der Waals surface area contributed by atoms with Crippen LogP contribution in [-0.2, 0) is 24.2 Å². The number of nitrogens with one attached hydrogen (secondary N) is 2. The Bertz CT molecular complexity index is 1000. The van der Waals surface area contributed by atoms with Crippen molar-refractivity contribution in [1.82, 2.24) is 15.5 Å². The van der Waals surface area contributed by atoms with Crippen molar-refractivity contribution in [2.45, 2.75) is 31.9 Å². The molecule has 1 aromatic rings. The van der Waals surface area contributed by atoms with Gasteiger partial charge in [-0.3, -0.25) is 19.3 Å². The average molecular weight is 519 g/mol. The predicted octanol–water partition coefficient (Wildman–Crippen LogP) is -0.113. The van der Waals surface area contributed by atoms with Crippen molar-refractivity contribution in [3.63, 3.8) is 0 Å². The van der Waals surface area contributed by atoms with Crippen molar-refractivity contribution in [2.75, 3.05) is 44.8 Å². The molecule has 1 heterocycles. The van der Waals surface area contributed by atoms with E-state index in [0.717, 1.165) is 0 Å². The van der Waals surface area contributed by atoms with Crippen LogP contribution in [0.5, 0.6) is 5.75 Å². The number of Topliss-reactive ketones (excluding diaryl/α,β-unsaturated/α-hetero) is 1. The van der Waals surface area contributed by atoms with E-state index >= 15 is 0 Å². The smallest absolute Gasteiger partial charge is 0.383 e. The summed E-state index contributed by atoms with van der Waals surface area (Å²) in [6.45, 7) is 3.36. The minimum Gasteiger partial charge on any atom is -0.497 e. The maximum Gasteiger partial charge on any atom is 0.383 e. The summed E-state index contributed by atoms with van der Waals surface area (Å²) < 4.78 is 57.3. The Labute approximate surface area is 203 Å². The first kappa shape index (κ1) is 28.6. The number of ketones is 1. The van der Waals surface area contributed by atoms with Gasteiger partial charge in [0.2, 0.25) is 11.7 Å². The largest absolute Gasteiger partial charge is 0.497 e. The molecule has 2 rings (SSSR count). The van der Waals surface area contributed by atoms with Crippen LogP contribution >= 0.6 is 0 Å². The third kappa shape index (κ3) is 7.67. The fourth-order valence-corrected chi connectivity index (χ4v) is 4.74. The van der Waals surface area contributed by atoms with Crippen molar-refractivity contribution in [3.05, 3.63) is 29.8 Å². The molecule has 1 saturated heterocycles. The average Bonchev–Trinajstić information content (AvgIpc) is 2.82. The summed E-state index contributed by atoms with van der Waals surface area (Å²) in [5.41, 5.74) is 6.31. The highest BCUT2D eigenvalue weighted by atomic mass is 32.2. The molecule has 0 radical (unpaired) electrons. The molecule has 10 nitrogen and oxygen atoms in total. The van der Waals surface area contributed by atoms with Crippen LogP contribution in [0.1, 0.15) is 25.5 Å². The summed E-state index contributed by atoms with van der Waals surface area (Å²) in [5.74, 6) is -9.06. The van der Waals surface area contributed by atoms with E-state index in [-0.39, 0.29) is 37.7 Å². The van der Waals surface area contributed by atoms with E-state index < -0.39 is 51.4 Å². The van der Waals surface area contributed by atoms with Crippen LogP contribution in [0, 0.1) is 5.92 Å². The van der Waals surface area contributed by atoms with Crippen LogP contribution < -0.4 is 21.1 Å². The quantitative estimate of drug-likeness (QED) is 0.344. The second kappa shape index (κ2) is 11.9. The summed E-state index contributed by atoms with van der Waals surface area (Å²) in [7, 11) is -1.62. The first-order chi connectivity index (χ1) is 16.3. The zero-order valence-corrected chi connectivity index (χ0v) is 20.7. The second-order valence-corrected chi connectivity index (χ2v) is 11.0. The molecule has 0 saturated carbocycles. The summed E-state index contributed by atoms with van der Waals surface area (Å²) in [5, 5.41) is 4.28. The van der Waals surface area contributed by atoms with Crippen LogP contribution in [-0.4, -0.2) is 87.7 Å². The topological polar surface area (TPSA) is 148 Å². The van der Waals surface area contributed by atoms with E-state index in [2.05, 4.69) is 5.32 Å². The normalized spacial score (nSPS) is 17.9. The van der Waals surface area contributed by atoms with Crippen molar-refractivity contribution in [1.29, 1.82) is 0 Å².